The zero-order valence-electron chi connectivity index (χ0n) is 12.4. The molecular formula is C16H20N2O3. The lowest BCUT2D eigenvalue weighted by Gasteiger charge is -2.29. The second-order valence-electron chi connectivity index (χ2n) is 5.54. The van der Waals surface area contributed by atoms with Crippen LogP contribution in [0, 0.1) is 0 Å². The van der Waals surface area contributed by atoms with Crippen LogP contribution >= 0.6 is 0 Å². The molecule has 0 unspecified atom stereocenters. The highest BCUT2D eigenvalue weighted by Crippen LogP contribution is 2.28. The largest absolute Gasteiger partial charge is 0.493 e. The quantitative estimate of drug-likeness (QED) is 0.941. The monoisotopic (exact) mass is 288 g/mol. The Morgan fingerprint density at radius 1 is 1.38 bits per heavy atom. The minimum Gasteiger partial charge on any atom is -0.493 e. The molecule has 3 rings (SSSR count). The maximum absolute atomic E-state index is 12.3. The van der Waals surface area contributed by atoms with Gasteiger partial charge in [-0.3, -0.25) is 4.79 Å². The van der Waals surface area contributed by atoms with Crippen molar-refractivity contribution in [2.45, 2.75) is 18.9 Å². The highest BCUT2D eigenvalue weighted by Gasteiger charge is 2.21. The number of amides is 1. The SMILES string of the molecule is COc1cccc2cc(C(=O)NC3CCN(C)CC3)oc12. The smallest absolute Gasteiger partial charge is 0.287 e. The summed E-state index contributed by atoms with van der Waals surface area (Å²) in [6.07, 6.45) is 1.96. The van der Waals surface area contributed by atoms with Gasteiger partial charge in [-0.2, -0.15) is 0 Å². The Bertz CT molecular complexity index is 642. The lowest BCUT2D eigenvalue weighted by atomic mass is 10.1. The molecule has 112 valence electrons. The molecule has 1 N–H and O–H groups in total. The van der Waals surface area contributed by atoms with E-state index in [0.29, 0.717) is 17.1 Å². The molecule has 2 aromatic rings. The maximum Gasteiger partial charge on any atom is 0.287 e. The van der Waals surface area contributed by atoms with E-state index in [2.05, 4.69) is 17.3 Å². The normalized spacial score (nSPS) is 17.0. The summed E-state index contributed by atoms with van der Waals surface area (Å²) in [5.41, 5.74) is 0.619. The van der Waals surface area contributed by atoms with E-state index in [1.807, 2.05) is 18.2 Å². The van der Waals surface area contributed by atoms with Crippen LogP contribution in [0.25, 0.3) is 11.0 Å². The van der Waals surface area contributed by atoms with Gasteiger partial charge in [-0.05, 0) is 45.1 Å². The van der Waals surface area contributed by atoms with E-state index in [1.165, 1.54) is 0 Å². The van der Waals surface area contributed by atoms with Gasteiger partial charge in [0.15, 0.2) is 17.1 Å². The van der Waals surface area contributed by atoms with E-state index in [-0.39, 0.29) is 11.9 Å². The highest BCUT2D eigenvalue weighted by atomic mass is 16.5. The first-order valence-corrected chi connectivity index (χ1v) is 7.23. The third-order valence-electron chi connectivity index (χ3n) is 4.01. The summed E-state index contributed by atoms with van der Waals surface area (Å²) in [6.45, 7) is 2.03. The second kappa shape index (κ2) is 5.77. The molecule has 2 heterocycles. The molecule has 5 heteroatoms. The Labute approximate surface area is 123 Å². The molecule has 5 nitrogen and oxygen atoms in total. The zero-order chi connectivity index (χ0) is 14.8. The third kappa shape index (κ3) is 2.88. The lowest BCUT2D eigenvalue weighted by Crippen LogP contribution is -2.43. The topological polar surface area (TPSA) is 54.7 Å². The molecule has 1 saturated heterocycles. The van der Waals surface area contributed by atoms with Crippen molar-refractivity contribution in [2.24, 2.45) is 0 Å². The van der Waals surface area contributed by atoms with Crippen LogP contribution in [-0.4, -0.2) is 44.1 Å². The summed E-state index contributed by atoms with van der Waals surface area (Å²) in [7, 11) is 3.69. The fraction of sp³-hybridized carbons (Fsp3) is 0.438. The van der Waals surface area contributed by atoms with E-state index in [9.17, 15) is 4.79 Å². The Morgan fingerprint density at radius 2 is 2.14 bits per heavy atom. The molecule has 0 atom stereocenters. The Hall–Kier alpha value is -2.01. The van der Waals surface area contributed by atoms with E-state index < -0.39 is 0 Å². The Kier molecular flexibility index (Phi) is 3.84. The first-order valence-electron chi connectivity index (χ1n) is 7.23. The molecule has 1 amide bonds. The summed E-state index contributed by atoms with van der Waals surface area (Å²) < 4.78 is 10.9. The number of benzene rings is 1. The number of rotatable bonds is 3. The minimum atomic E-state index is -0.150. The number of nitrogens with one attached hydrogen (secondary N) is 1. The van der Waals surface area contributed by atoms with E-state index in [1.54, 1.807) is 13.2 Å². The number of nitrogens with zero attached hydrogens (tertiary/aromatic N) is 1. The van der Waals surface area contributed by atoms with E-state index >= 15 is 0 Å². The number of likely N-dealkylation sites (tertiary alicyclic amines) is 1. The molecule has 1 aromatic carbocycles. The van der Waals surface area contributed by atoms with Crippen LogP contribution in [0.1, 0.15) is 23.4 Å². The summed E-state index contributed by atoms with van der Waals surface area (Å²) in [6, 6.07) is 7.61. The van der Waals surface area contributed by atoms with Crippen molar-refractivity contribution in [2.75, 3.05) is 27.2 Å². The van der Waals surface area contributed by atoms with Crippen molar-refractivity contribution in [1.29, 1.82) is 0 Å². The first kappa shape index (κ1) is 13.9. The van der Waals surface area contributed by atoms with Crippen LogP contribution in [0.3, 0.4) is 0 Å². The van der Waals surface area contributed by atoms with Gasteiger partial charge in [-0.1, -0.05) is 12.1 Å². The van der Waals surface area contributed by atoms with Gasteiger partial charge in [0.25, 0.3) is 5.91 Å². The van der Waals surface area contributed by atoms with Gasteiger partial charge >= 0.3 is 0 Å². The van der Waals surface area contributed by atoms with Crippen molar-refractivity contribution in [3.63, 3.8) is 0 Å². The fourth-order valence-corrected chi connectivity index (χ4v) is 2.72. The number of furan rings is 1. The van der Waals surface area contributed by atoms with Crippen molar-refractivity contribution in [3.8, 4) is 5.75 Å². The maximum atomic E-state index is 12.3. The number of piperidine rings is 1. The van der Waals surface area contributed by atoms with Crippen LogP contribution in [0.15, 0.2) is 28.7 Å². The number of hydrogen-bond acceptors (Lipinski definition) is 4. The van der Waals surface area contributed by atoms with Gasteiger partial charge in [0.1, 0.15) is 0 Å². The van der Waals surface area contributed by atoms with Crippen LogP contribution < -0.4 is 10.1 Å². The number of carbonyl (C=O) groups is 1. The number of carbonyl (C=O) groups excluding carboxylic acids is 1. The molecule has 0 spiro atoms. The third-order valence-corrected chi connectivity index (χ3v) is 4.01. The molecule has 21 heavy (non-hydrogen) atoms. The number of methoxy groups -OCH3 is 1. The van der Waals surface area contributed by atoms with Gasteiger partial charge in [0, 0.05) is 11.4 Å². The van der Waals surface area contributed by atoms with E-state index in [4.69, 9.17) is 9.15 Å². The molecule has 1 fully saturated rings. The highest BCUT2D eigenvalue weighted by molar-refractivity contribution is 5.97. The van der Waals surface area contributed by atoms with Crippen LogP contribution in [-0.2, 0) is 0 Å². The predicted molar refractivity (Wildman–Crippen MR) is 80.8 cm³/mol. The second-order valence-corrected chi connectivity index (χ2v) is 5.54. The lowest BCUT2D eigenvalue weighted by molar-refractivity contribution is 0.0891. The summed E-state index contributed by atoms with van der Waals surface area (Å²) >= 11 is 0. The zero-order valence-corrected chi connectivity index (χ0v) is 12.4. The first-order chi connectivity index (χ1) is 10.2. The molecule has 1 aliphatic heterocycles. The van der Waals surface area contributed by atoms with Gasteiger partial charge in [0.05, 0.1) is 7.11 Å². The molecule has 0 aliphatic carbocycles. The Morgan fingerprint density at radius 3 is 2.86 bits per heavy atom. The molecule has 1 aromatic heterocycles. The fourth-order valence-electron chi connectivity index (χ4n) is 2.72. The summed E-state index contributed by atoms with van der Waals surface area (Å²) in [4.78, 5) is 14.6. The molecule has 1 aliphatic rings. The molecule has 0 saturated carbocycles. The molecule has 0 radical (unpaired) electrons. The minimum absolute atomic E-state index is 0.150. The van der Waals surface area contributed by atoms with Gasteiger partial charge in [0.2, 0.25) is 0 Å². The predicted octanol–water partition coefficient (Wildman–Crippen LogP) is 2.27. The van der Waals surface area contributed by atoms with Gasteiger partial charge in [-0.15, -0.1) is 0 Å². The molecular weight excluding hydrogens is 268 g/mol. The van der Waals surface area contributed by atoms with Crippen molar-refractivity contribution in [3.05, 3.63) is 30.0 Å². The average Bonchev–Trinajstić information content (AvgIpc) is 2.93. The van der Waals surface area contributed by atoms with Crippen molar-refractivity contribution >= 4 is 16.9 Å². The van der Waals surface area contributed by atoms with Crippen molar-refractivity contribution in [1.82, 2.24) is 10.2 Å². The number of hydrogen-bond donors (Lipinski definition) is 1. The van der Waals surface area contributed by atoms with Crippen molar-refractivity contribution < 1.29 is 13.9 Å². The number of fused-ring (bicyclic) bond motifs is 1. The van der Waals surface area contributed by atoms with Crippen LogP contribution in [0.5, 0.6) is 5.75 Å². The Balaban J connectivity index is 1.75. The number of ether oxygens (including phenoxy) is 1. The molecule has 0 bridgehead atoms. The van der Waals surface area contributed by atoms with E-state index in [0.717, 1.165) is 31.3 Å². The average molecular weight is 288 g/mol. The standard InChI is InChI=1S/C16H20N2O3/c1-18-8-6-12(7-9-18)17-16(19)14-10-11-4-3-5-13(20-2)15(11)21-14/h3-5,10,12H,6-9H2,1-2H3,(H,17,19). The summed E-state index contributed by atoms with van der Waals surface area (Å²) in [5, 5.41) is 3.93. The number of para-hydroxylation sites is 1. The van der Waals surface area contributed by atoms with Gasteiger partial charge < -0.3 is 19.4 Å². The van der Waals surface area contributed by atoms with Gasteiger partial charge in [-0.25, -0.2) is 0 Å². The summed E-state index contributed by atoms with van der Waals surface area (Å²) in [5.74, 6) is 0.835. The van der Waals surface area contributed by atoms with Crippen LogP contribution in [0.2, 0.25) is 0 Å². The van der Waals surface area contributed by atoms with Crippen LogP contribution in [0.4, 0.5) is 0 Å².